The summed E-state index contributed by atoms with van der Waals surface area (Å²) >= 11 is 0. The van der Waals surface area contributed by atoms with Crippen LogP contribution in [0.3, 0.4) is 0 Å². The van der Waals surface area contributed by atoms with E-state index in [0.717, 1.165) is 38.5 Å². The Labute approximate surface area is 174 Å². The van der Waals surface area contributed by atoms with E-state index in [1.165, 1.54) is 18.5 Å². The van der Waals surface area contributed by atoms with Gasteiger partial charge in [-0.1, -0.05) is 18.2 Å². The maximum Gasteiger partial charge on any atom is 0.416 e. The van der Waals surface area contributed by atoms with Crippen LogP contribution in [0.2, 0.25) is 0 Å². The normalized spacial score (nSPS) is 17.1. The van der Waals surface area contributed by atoms with Gasteiger partial charge in [0.05, 0.1) is 5.56 Å². The molecule has 0 N–H and O–H groups in total. The molecule has 0 aliphatic carbocycles. The van der Waals surface area contributed by atoms with Crippen molar-refractivity contribution in [2.45, 2.75) is 38.4 Å². The molecule has 2 heterocycles. The zero-order valence-corrected chi connectivity index (χ0v) is 17.3. The lowest BCUT2D eigenvalue weighted by Gasteiger charge is -2.34. The van der Waals surface area contributed by atoms with Crippen molar-refractivity contribution in [2.75, 3.05) is 33.2 Å². The zero-order chi connectivity index (χ0) is 21.7. The maximum atomic E-state index is 12.9. The van der Waals surface area contributed by atoms with Gasteiger partial charge >= 0.3 is 6.18 Å². The Morgan fingerprint density at radius 3 is 2.67 bits per heavy atom. The number of carbonyl (C=O) groups is 1. The van der Waals surface area contributed by atoms with E-state index < -0.39 is 11.7 Å². The van der Waals surface area contributed by atoms with Gasteiger partial charge in [0.15, 0.2) is 0 Å². The van der Waals surface area contributed by atoms with Gasteiger partial charge in [-0.25, -0.2) is 9.67 Å². The lowest BCUT2D eigenvalue weighted by molar-refractivity contribution is -0.137. The molecule has 0 saturated carbocycles. The zero-order valence-electron chi connectivity index (χ0n) is 17.3. The number of benzene rings is 1. The molecular weight excluding hydrogens is 395 g/mol. The summed E-state index contributed by atoms with van der Waals surface area (Å²) in [5, 5.41) is 4.03. The van der Waals surface area contributed by atoms with Crippen molar-refractivity contribution >= 4 is 5.91 Å². The number of carbonyl (C=O) groups excluding carboxylic acids is 1. The first kappa shape index (κ1) is 22.3. The van der Waals surface area contributed by atoms with E-state index in [-0.39, 0.29) is 11.9 Å². The summed E-state index contributed by atoms with van der Waals surface area (Å²) in [6.07, 6.45) is 1.19. The predicted molar refractivity (Wildman–Crippen MR) is 107 cm³/mol. The topological polar surface area (TPSA) is 54.3 Å². The van der Waals surface area contributed by atoms with E-state index >= 15 is 0 Å². The summed E-state index contributed by atoms with van der Waals surface area (Å²) in [7, 11) is 1.82. The molecule has 0 spiro atoms. The van der Waals surface area contributed by atoms with Crippen LogP contribution < -0.4 is 0 Å². The highest BCUT2D eigenvalue weighted by molar-refractivity contribution is 5.79. The van der Waals surface area contributed by atoms with Gasteiger partial charge < -0.3 is 9.80 Å². The number of aromatic nitrogens is 3. The first-order valence-corrected chi connectivity index (χ1v) is 10.2. The van der Waals surface area contributed by atoms with Gasteiger partial charge in [-0.3, -0.25) is 4.79 Å². The smallest absolute Gasteiger partial charge is 0.344 e. The summed E-state index contributed by atoms with van der Waals surface area (Å²) in [4.78, 5) is 20.5. The molecule has 1 unspecified atom stereocenters. The highest BCUT2D eigenvalue weighted by Crippen LogP contribution is 2.29. The largest absolute Gasteiger partial charge is 0.416 e. The monoisotopic (exact) mass is 423 g/mol. The van der Waals surface area contributed by atoms with E-state index in [1.807, 2.05) is 14.0 Å². The van der Waals surface area contributed by atoms with Crippen molar-refractivity contribution in [3.63, 3.8) is 0 Å². The molecule has 1 aromatic heterocycles. The average Bonchev–Trinajstić information content (AvgIpc) is 3.26. The summed E-state index contributed by atoms with van der Waals surface area (Å²) in [5.74, 6) is 0.430. The molecule has 0 radical (unpaired) electrons. The second-order valence-corrected chi connectivity index (χ2v) is 8.00. The molecule has 1 fully saturated rings. The SMILES string of the molecule is CC(C(=O)N(C)CC1CCN(CCc2cccc(C(F)(F)F)c2)CC1)n1cncn1. The number of halogens is 3. The van der Waals surface area contributed by atoms with Crippen molar-refractivity contribution in [1.29, 1.82) is 0 Å². The average molecular weight is 423 g/mol. The van der Waals surface area contributed by atoms with Crippen molar-refractivity contribution in [2.24, 2.45) is 5.92 Å². The van der Waals surface area contributed by atoms with Gasteiger partial charge in [0.2, 0.25) is 5.91 Å². The number of piperidine rings is 1. The minimum atomic E-state index is -4.30. The first-order chi connectivity index (χ1) is 14.2. The minimum Gasteiger partial charge on any atom is -0.344 e. The number of amides is 1. The Morgan fingerprint density at radius 2 is 2.03 bits per heavy atom. The highest BCUT2D eigenvalue weighted by atomic mass is 19.4. The van der Waals surface area contributed by atoms with Crippen LogP contribution in [0.15, 0.2) is 36.9 Å². The van der Waals surface area contributed by atoms with Crippen molar-refractivity contribution in [3.05, 3.63) is 48.0 Å². The second-order valence-electron chi connectivity index (χ2n) is 8.00. The van der Waals surface area contributed by atoms with Crippen LogP contribution in [0, 0.1) is 5.92 Å². The summed E-state index contributed by atoms with van der Waals surface area (Å²) in [6.45, 7) is 5.03. The molecule has 1 atom stereocenters. The molecule has 30 heavy (non-hydrogen) atoms. The third kappa shape index (κ3) is 5.81. The quantitative estimate of drug-likeness (QED) is 0.686. The van der Waals surface area contributed by atoms with E-state index in [1.54, 1.807) is 22.0 Å². The lowest BCUT2D eigenvalue weighted by Crippen LogP contribution is -2.41. The maximum absolute atomic E-state index is 12.9. The van der Waals surface area contributed by atoms with E-state index in [0.29, 0.717) is 24.4 Å². The summed E-state index contributed by atoms with van der Waals surface area (Å²) < 4.78 is 40.1. The number of hydrogen-bond acceptors (Lipinski definition) is 4. The van der Waals surface area contributed by atoms with Crippen molar-refractivity contribution in [1.82, 2.24) is 24.6 Å². The molecule has 3 rings (SSSR count). The summed E-state index contributed by atoms with van der Waals surface area (Å²) in [5.41, 5.74) is 0.117. The van der Waals surface area contributed by atoms with Crippen molar-refractivity contribution < 1.29 is 18.0 Å². The Balaban J connectivity index is 1.42. The molecule has 6 nitrogen and oxygen atoms in total. The number of hydrogen-bond donors (Lipinski definition) is 0. The molecule has 164 valence electrons. The summed E-state index contributed by atoms with van der Waals surface area (Å²) in [6, 6.07) is 5.18. The van der Waals surface area contributed by atoms with Gasteiger partial charge in [-0.15, -0.1) is 0 Å². The van der Waals surface area contributed by atoms with Crippen LogP contribution in [0.25, 0.3) is 0 Å². The Morgan fingerprint density at radius 1 is 1.30 bits per heavy atom. The van der Waals surface area contributed by atoms with E-state index in [9.17, 15) is 18.0 Å². The fourth-order valence-corrected chi connectivity index (χ4v) is 3.91. The van der Waals surface area contributed by atoms with E-state index in [4.69, 9.17) is 0 Å². The highest BCUT2D eigenvalue weighted by Gasteiger charge is 2.30. The first-order valence-electron chi connectivity index (χ1n) is 10.2. The van der Waals surface area contributed by atoms with Gasteiger partial charge in [-0.2, -0.15) is 18.3 Å². The van der Waals surface area contributed by atoms with Crippen LogP contribution in [-0.4, -0.2) is 63.7 Å². The Hall–Kier alpha value is -2.42. The number of likely N-dealkylation sites (N-methyl/N-ethyl adjacent to an activating group) is 1. The molecule has 1 saturated heterocycles. The van der Waals surface area contributed by atoms with Gasteiger partial charge in [0.25, 0.3) is 0 Å². The van der Waals surface area contributed by atoms with Gasteiger partial charge in [0, 0.05) is 20.1 Å². The molecule has 1 aromatic carbocycles. The third-order valence-electron chi connectivity index (χ3n) is 5.78. The van der Waals surface area contributed by atoms with Crippen LogP contribution >= 0.6 is 0 Å². The number of alkyl halides is 3. The fraction of sp³-hybridized carbons (Fsp3) is 0.571. The molecular formula is C21H28F3N5O. The number of likely N-dealkylation sites (tertiary alicyclic amines) is 1. The number of nitrogens with zero attached hydrogens (tertiary/aromatic N) is 5. The Bertz CT molecular complexity index is 816. The van der Waals surface area contributed by atoms with Crippen LogP contribution in [0.5, 0.6) is 0 Å². The molecule has 1 amide bonds. The molecule has 9 heteroatoms. The molecule has 1 aliphatic heterocycles. The standard InChI is InChI=1S/C21H28F3N5O/c1-16(29-15-25-14-26-29)20(30)27(2)13-18-7-10-28(11-8-18)9-6-17-4-3-5-19(12-17)21(22,23)24/h3-5,12,14-16,18H,6-11,13H2,1-2H3. The fourth-order valence-electron chi connectivity index (χ4n) is 3.91. The lowest BCUT2D eigenvalue weighted by atomic mass is 9.95. The van der Waals surface area contributed by atoms with Crippen LogP contribution in [0.4, 0.5) is 13.2 Å². The molecule has 1 aliphatic rings. The van der Waals surface area contributed by atoms with Gasteiger partial charge in [-0.05, 0) is 56.8 Å². The van der Waals surface area contributed by atoms with Crippen LogP contribution in [-0.2, 0) is 17.4 Å². The predicted octanol–water partition coefficient (Wildman–Crippen LogP) is 3.27. The number of rotatable bonds is 7. The van der Waals surface area contributed by atoms with Crippen molar-refractivity contribution in [3.8, 4) is 0 Å². The third-order valence-corrected chi connectivity index (χ3v) is 5.78. The minimum absolute atomic E-state index is 0.00692. The van der Waals surface area contributed by atoms with Gasteiger partial charge in [0.1, 0.15) is 18.7 Å². The van der Waals surface area contributed by atoms with Crippen LogP contribution in [0.1, 0.15) is 36.9 Å². The second kappa shape index (κ2) is 9.59. The molecule has 0 bridgehead atoms. The Kier molecular flexibility index (Phi) is 7.12. The molecule has 2 aromatic rings. The van der Waals surface area contributed by atoms with E-state index in [2.05, 4.69) is 15.0 Å².